The van der Waals surface area contributed by atoms with Gasteiger partial charge in [-0.1, -0.05) is 159 Å². The molecule has 0 saturated heterocycles. The Labute approximate surface area is 499 Å². The third kappa shape index (κ3) is 9.05. The van der Waals surface area contributed by atoms with Gasteiger partial charge in [0.05, 0.1) is 17.1 Å². The molecule has 0 amide bonds. The Morgan fingerprint density at radius 1 is 0.388 bits per heavy atom. The molecule has 0 unspecified atom stereocenters. The molecule has 0 saturated carbocycles. The number of anilines is 9. The Kier molecular flexibility index (Phi) is 12.1. The molecular weight excluding hydrogens is 1040 g/mol. The summed E-state index contributed by atoms with van der Waals surface area (Å²) in [6.45, 7) is 22.4. The van der Waals surface area contributed by atoms with Gasteiger partial charge in [-0.2, -0.15) is 0 Å². The van der Waals surface area contributed by atoms with E-state index in [0.717, 1.165) is 113 Å². The molecule has 0 fully saturated rings. The van der Waals surface area contributed by atoms with Crippen LogP contribution in [0.1, 0.15) is 79.0 Å². The first-order chi connectivity index (χ1) is 41.0. The second kappa shape index (κ2) is 19.6. The number of H-pyrrole nitrogens is 1. The third-order valence-electron chi connectivity index (χ3n) is 17.7. The van der Waals surface area contributed by atoms with Crippen LogP contribution in [0.15, 0.2) is 200 Å². The Bertz CT molecular complexity index is 4440. The van der Waals surface area contributed by atoms with Gasteiger partial charge in [0.1, 0.15) is 26.4 Å². The van der Waals surface area contributed by atoms with Crippen LogP contribution in [-0.2, 0) is 16.2 Å². The van der Waals surface area contributed by atoms with Crippen LogP contribution in [0.25, 0.3) is 44.1 Å². The first kappa shape index (κ1) is 52.5. The molecule has 0 radical (unpaired) electrons. The normalized spacial score (nSPS) is 14.3. The lowest BCUT2D eigenvalue weighted by molar-refractivity contribution is 0.171. The van der Waals surface area contributed by atoms with Crippen molar-refractivity contribution in [2.75, 3.05) is 41.1 Å². The maximum atomic E-state index is 6.54. The van der Waals surface area contributed by atoms with E-state index in [2.05, 4.69) is 282 Å². The fourth-order valence-electron chi connectivity index (χ4n) is 13.2. The molecule has 9 heteroatoms. The number of hydrogen-bond donors (Lipinski definition) is 1. The van der Waals surface area contributed by atoms with Crippen LogP contribution in [-0.4, -0.2) is 38.1 Å². The number of nitrogens with zero attached hydrogens (tertiary/aromatic N) is 3. The zero-order valence-electron chi connectivity index (χ0n) is 49.9. The molecule has 4 aliphatic heterocycles. The SMILES string of the molecule is CC(C)(C)c1ccc(N(c2cc3c4c(c2)N(c2ccc(C(C)(C)C)cc2-c2ccccc2)c2ccc(C(C)(C)C)cc2B4c2cc4c(cc2N3c2ccc3c(c2)OCCO3)OCCO4)c2ccc3cc(-c4cc5ccccc5[nH]4)ccc3c2)cc1. The van der Waals surface area contributed by atoms with E-state index in [4.69, 9.17) is 18.9 Å². The average Bonchev–Trinajstić information content (AvgIpc) is 1.07. The Hall–Kier alpha value is -9.34. The molecule has 11 aromatic rings. The van der Waals surface area contributed by atoms with E-state index in [0.29, 0.717) is 32.2 Å². The first-order valence-electron chi connectivity index (χ1n) is 30.0. The van der Waals surface area contributed by atoms with E-state index in [-0.39, 0.29) is 23.0 Å². The third-order valence-corrected chi connectivity index (χ3v) is 17.7. The van der Waals surface area contributed by atoms with Crippen molar-refractivity contribution in [3.63, 3.8) is 0 Å². The fourth-order valence-corrected chi connectivity index (χ4v) is 13.2. The monoisotopic (exact) mass is 1110 g/mol. The number of benzene rings is 10. The minimum Gasteiger partial charge on any atom is -0.486 e. The predicted octanol–water partition coefficient (Wildman–Crippen LogP) is 17.6. The van der Waals surface area contributed by atoms with Crippen molar-refractivity contribution in [1.82, 2.24) is 4.98 Å². The van der Waals surface area contributed by atoms with Gasteiger partial charge in [0.15, 0.2) is 23.0 Å². The van der Waals surface area contributed by atoms with Crippen LogP contribution in [0.2, 0.25) is 0 Å². The molecule has 15 rings (SSSR count). The van der Waals surface area contributed by atoms with Crippen molar-refractivity contribution in [1.29, 1.82) is 0 Å². The van der Waals surface area contributed by atoms with Crippen LogP contribution in [0.4, 0.5) is 51.2 Å². The van der Waals surface area contributed by atoms with E-state index in [1.54, 1.807) is 0 Å². The second-order valence-corrected chi connectivity index (χ2v) is 26.4. The molecule has 0 bridgehead atoms. The van der Waals surface area contributed by atoms with Gasteiger partial charge in [0, 0.05) is 68.4 Å². The Balaban J connectivity index is 1.04. The van der Waals surface area contributed by atoms with E-state index in [1.807, 2.05) is 0 Å². The van der Waals surface area contributed by atoms with Gasteiger partial charge >= 0.3 is 0 Å². The molecular formula is C76H69BN4O4. The minimum absolute atomic E-state index is 0.0504. The van der Waals surface area contributed by atoms with E-state index < -0.39 is 0 Å². The van der Waals surface area contributed by atoms with Gasteiger partial charge in [-0.05, 0) is 162 Å². The van der Waals surface area contributed by atoms with Gasteiger partial charge in [-0.25, -0.2) is 0 Å². The summed E-state index contributed by atoms with van der Waals surface area (Å²) < 4.78 is 25.7. The number of aromatic nitrogens is 1. The molecule has 0 atom stereocenters. The Morgan fingerprint density at radius 2 is 0.976 bits per heavy atom. The quantitative estimate of drug-likeness (QED) is 0.160. The van der Waals surface area contributed by atoms with Gasteiger partial charge in [0.25, 0.3) is 6.71 Å². The summed E-state index contributed by atoms with van der Waals surface area (Å²) in [5.74, 6) is 2.93. The van der Waals surface area contributed by atoms with Gasteiger partial charge < -0.3 is 38.6 Å². The molecule has 10 aromatic carbocycles. The highest BCUT2D eigenvalue weighted by molar-refractivity contribution is 7.00. The van der Waals surface area contributed by atoms with Crippen LogP contribution >= 0.6 is 0 Å². The molecule has 1 aromatic heterocycles. The zero-order valence-corrected chi connectivity index (χ0v) is 49.9. The summed E-state index contributed by atoms with van der Waals surface area (Å²) in [7, 11) is 0. The fraction of sp³-hybridized carbons (Fsp3) is 0.211. The van der Waals surface area contributed by atoms with Crippen molar-refractivity contribution in [2.45, 2.75) is 78.6 Å². The topological polar surface area (TPSA) is 62.4 Å². The largest absolute Gasteiger partial charge is 0.486 e. The van der Waals surface area contributed by atoms with Crippen LogP contribution in [0.3, 0.4) is 0 Å². The number of nitrogens with one attached hydrogen (secondary N) is 1. The van der Waals surface area contributed by atoms with Crippen molar-refractivity contribution in [3.8, 4) is 45.4 Å². The molecule has 420 valence electrons. The van der Waals surface area contributed by atoms with Crippen LogP contribution in [0, 0.1) is 0 Å². The standard InChI is InChI=1S/C76H69BN4O4/c1-74(2,3)52-22-27-55(28-23-52)79(56-26-21-48-37-51(20-19-49(48)38-56)63-39-50-17-13-14-18-62(50)78-63)58-42-67-73-68(43-58)81(64-30-24-53(75(4,5)6)40-59(64)47-15-11-10-12-16-47)65-31-25-54(76(7,8)9)41-60(65)77(73)61-45-71-72(85-36-35-84-71)46-66(61)80(67)57-29-32-69-70(44-57)83-34-33-82-69/h10-32,37-46,78H,33-36H2,1-9H3. The molecule has 5 heterocycles. The van der Waals surface area contributed by atoms with Crippen molar-refractivity contribution in [2.24, 2.45) is 0 Å². The molecule has 0 aliphatic carbocycles. The Morgan fingerprint density at radius 3 is 1.69 bits per heavy atom. The molecule has 4 aliphatic rings. The van der Waals surface area contributed by atoms with Crippen LogP contribution < -0.4 is 50.0 Å². The molecule has 0 spiro atoms. The highest BCUT2D eigenvalue weighted by Gasteiger charge is 2.46. The number of para-hydroxylation sites is 1. The van der Waals surface area contributed by atoms with Gasteiger partial charge in [-0.3, -0.25) is 0 Å². The summed E-state index contributed by atoms with van der Waals surface area (Å²) in [6.07, 6.45) is 0. The van der Waals surface area contributed by atoms with Gasteiger partial charge in [0.2, 0.25) is 0 Å². The highest BCUT2D eigenvalue weighted by Crippen LogP contribution is 2.53. The smallest absolute Gasteiger partial charge is 0.252 e. The summed E-state index contributed by atoms with van der Waals surface area (Å²) >= 11 is 0. The van der Waals surface area contributed by atoms with E-state index >= 15 is 0 Å². The summed E-state index contributed by atoms with van der Waals surface area (Å²) in [5, 5.41) is 3.50. The highest BCUT2D eigenvalue weighted by atomic mass is 16.6. The van der Waals surface area contributed by atoms with Crippen molar-refractivity contribution >= 4 is 96.0 Å². The predicted molar refractivity (Wildman–Crippen MR) is 353 cm³/mol. The maximum Gasteiger partial charge on any atom is 0.252 e. The maximum absolute atomic E-state index is 6.54. The first-order valence-corrected chi connectivity index (χ1v) is 30.0. The van der Waals surface area contributed by atoms with Gasteiger partial charge in [-0.15, -0.1) is 0 Å². The van der Waals surface area contributed by atoms with E-state index in [1.165, 1.54) is 33.0 Å². The van der Waals surface area contributed by atoms with E-state index in [9.17, 15) is 0 Å². The van der Waals surface area contributed by atoms with Crippen LogP contribution in [0.5, 0.6) is 23.0 Å². The lowest BCUT2D eigenvalue weighted by atomic mass is 9.33. The lowest BCUT2D eigenvalue weighted by Gasteiger charge is -2.46. The minimum atomic E-state index is -0.215. The average molecular weight is 1110 g/mol. The number of fused-ring (bicyclic) bond motifs is 8. The molecule has 8 nitrogen and oxygen atoms in total. The zero-order chi connectivity index (χ0) is 58.1. The molecule has 1 N–H and O–H groups in total. The summed E-state index contributed by atoms with van der Waals surface area (Å²) in [5.41, 5.74) is 22.1. The van der Waals surface area contributed by atoms with Crippen molar-refractivity contribution in [3.05, 3.63) is 217 Å². The lowest BCUT2D eigenvalue weighted by Crippen LogP contribution is -2.61. The number of ether oxygens (including phenoxy) is 4. The summed E-state index contributed by atoms with van der Waals surface area (Å²) in [6, 6.07) is 74.7. The second-order valence-electron chi connectivity index (χ2n) is 26.4. The van der Waals surface area contributed by atoms with Crippen molar-refractivity contribution < 1.29 is 18.9 Å². The number of rotatable bonds is 7. The number of hydrogen-bond acceptors (Lipinski definition) is 7. The molecule has 85 heavy (non-hydrogen) atoms. The summed E-state index contributed by atoms with van der Waals surface area (Å²) in [4.78, 5) is 11.1. The number of aromatic amines is 1.